The summed E-state index contributed by atoms with van der Waals surface area (Å²) in [5, 5.41) is 6.33. The second-order valence-corrected chi connectivity index (χ2v) is 6.32. The lowest BCUT2D eigenvalue weighted by Crippen LogP contribution is -2.31. The second-order valence-electron chi connectivity index (χ2n) is 6.32. The Hall–Kier alpha value is -2.53. The molecule has 25 heavy (non-hydrogen) atoms. The predicted octanol–water partition coefficient (Wildman–Crippen LogP) is 3.31. The molecule has 0 bridgehead atoms. The predicted molar refractivity (Wildman–Crippen MR) is 98.3 cm³/mol. The number of ether oxygens (including phenoxy) is 2. The molecular weight excluding hydrogens is 316 g/mol. The third-order valence-electron chi connectivity index (χ3n) is 4.40. The Morgan fingerprint density at radius 2 is 2.12 bits per heavy atom. The Kier molecular flexibility index (Phi) is 5.24. The minimum Gasteiger partial charge on any atom is -0.495 e. The van der Waals surface area contributed by atoms with Crippen LogP contribution in [-0.4, -0.2) is 25.7 Å². The van der Waals surface area contributed by atoms with Gasteiger partial charge >= 0.3 is 0 Å². The van der Waals surface area contributed by atoms with E-state index in [0.29, 0.717) is 11.4 Å². The van der Waals surface area contributed by atoms with E-state index in [1.54, 1.807) is 7.11 Å². The molecule has 3 rings (SSSR count). The first-order valence-electron chi connectivity index (χ1n) is 8.50. The van der Waals surface area contributed by atoms with E-state index in [1.165, 1.54) is 12.5 Å². The molecule has 1 heterocycles. The van der Waals surface area contributed by atoms with Gasteiger partial charge in [0, 0.05) is 25.9 Å². The van der Waals surface area contributed by atoms with Gasteiger partial charge in [0.15, 0.2) is 0 Å². The summed E-state index contributed by atoms with van der Waals surface area (Å²) in [5.41, 5.74) is 3.03. The zero-order valence-electron chi connectivity index (χ0n) is 14.8. The molecule has 132 valence electrons. The molecule has 1 aliphatic rings. The van der Waals surface area contributed by atoms with Gasteiger partial charge in [0.1, 0.15) is 17.6 Å². The minimum absolute atomic E-state index is 0.117. The van der Waals surface area contributed by atoms with Crippen LogP contribution >= 0.6 is 0 Å². The number of para-hydroxylation sites is 1. The molecule has 2 aromatic rings. The Bertz CT molecular complexity index is 735. The van der Waals surface area contributed by atoms with Gasteiger partial charge in [-0.15, -0.1) is 0 Å². The van der Waals surface area contributed by atoms with Gasteiger partial charge in [0.25, 0.3) is 0 Å². The van der Waals surface area contributed by atoms with E-state index in [0.717, 1.165) is 24.3 Å². The molecule has 0 spiro atoms. The van der Waals surface area contributed by atoms with Crippen molar-refractivity contribution in [1.82, 2.24) is 5.32 Å². The molecule has 0 fully saturated rings. The van der Waals surface area contributed by atoms with Crippen LogP contribution in [0.2, 0.25) is 0 Å². The van der Waals surface area contributed by atoms with Crippen LogP contribution in [0.1, 0.15) is 31.0 Å². The van der Waals surface area contributed by atoms with Gasteiger partial charge in [-0.2, -0.15) is 0 Å². The molecule has 2 aromatic carbocycles. The fourth-order valence-electron chi connectivity index (χ4n) is 3.08. The molecule has 5 nitrogen and oxygen atoms in total. The zero-order chi connectivity index (χ0) is 17.8. The number of amides is 1. The first-order valence-corrected chi connectivity index (χ1v) is 8.50. The quantitative estimate of drug-likeness (QED) is 0.847. The van der Waals surface area contributed by atoms with Crippen molar-refractivity contribution < 1.29 is 14.3 Å². The highest BCUT2D eigenvalue weighted by Gasteiger charge is 2.22. The monoisotopic (exact) mass is 340 g/mol. The Morgan fingerprint density at radius 1 is 1.32 bits per heavy atom. The van der Waals surface area contributed by atoms with E-state index in [4.69, 9.17) is 9.47 Å². The van der Waals surface area contributed by atoms with Crippen molar-refractivity contribution in [2.45, 2.75) is 32.4 Å². The number of carbonyl (C=O) groups excluding carboxylic acids is 1. The molecule has 2 atom stereocenters. The van der Waals surface area contributed by atoms with Crippen molar-refractivity contribution in [2.24, 2.45) is 0 Å². The average Bonchev–Trinajstić information content (AvgIpc) is 3.02. The number of hydrogen-bond donors (Lipinski definition) is 2. The van der Waals surface area contributed by atoms with Crippen LogP contribution in [0.25, 0.3) is 0 Å². The van der Waals surface area contributed by atoms with Crippen molar-refractivity contribution in [3.8, 4) is 11.5 Å². The van der Waals surface area contributed by atoms with E-state index in [1.807, 2.05) is 36.4 Å². The molecule has 5 heteroatoms. The van der Waals surface area contributed by atoms with Crippen molar-refractivity contribution in [3.63, 3.8) is 0 Å². The van der Waals surface area contributed by atoms with Crippen molar-refractivity contribution >= 4 is 11.6 Å². The van der Waals surface area contributed by atoms with E-state index in [9.17, 15) is 4.79 Å². The maximum Gasteiger partial charge on any atom is 0.221 e. The molecular formula is C20H24N2O3. The smallest absolute Gasteiger partial charge is 0.221 e. The SMILES string of the molecule is COc1ccc(C(C)NCC2Cc3ccccc3O2)cc1NC(C)=O. The van der Waals surface area contributed by atoms with Crippen molar-refractivity contribution in [2.75, 3.05) is 19.0 Å². The van der Waals surface area contributed by atoms with E-state index in [2.05, 4.69) is 23.6 Å². The maximum absolute atomic E-state index is 11.4. The molecule has 2 unspecified atom stereocenters. The molecule has 1 amide bonds. The van der Waals surface area contributed by atoms with Crippen LogP contribution in [0.4, 0.5) is 5.69 Å². The topological polar surface area (TPSA) is 59.6 Å². The van der Waals surface area contributed by atoms with Gasteiger partial charge < -0.3 is 20.1 Å². The molecule has 0 saturated carbocycles. The minimum atomic E-state index is -0.117. The highest BCUT2D eigenvalue weighted by atomic mass is 16.5. The summed E-state index contributed by atoms with van der Waals surface area (Å²) < 4.78 is 11.3. The Balaban J connectivity index is 1.62. The normalized spacial score (nSPS) is 16.7. The van der Waals surface area contributed by atoms with Crippen molar-refractivity contribution in [3.05, 3.63) is 53.6 Å². The number of hydrogen-bond acceptors (Lipinski definition) is 4. The summed E-state index contributed by atoms with van der Waals surface area (Å²) in [7, 11) is 1.59. The third kappa shape index (κ3) is 4.12. The summed E-state index contributed by atoms with van der Waals surface area (Å²) in [6.45, 7) is 4.35. The van der Waals surface area contributed by atoms with E-state index >= 15 is 0 Å². The van der Waals surface area contributed by atoms with Gasteiger partial charge in [-0.1, -0.05) is 24.3 Å². The van der Waals surface area contributed by atoms with Crippen molar-refractivity contribution in [1.29, 1.82) is 0 Å². The largest absolute Gasteiger partial charge is 0.495 e. The lowest BCUT2D eigenvalue weighted by molar-refractivity contribution is -0.114. The highest BCUT2D eigenvalue weighted by Crippen LogP contribution is 2.30. The Labute approximate surface area is 148 Å². The zero-order valence-corrected chi connectivity index (χ0v) is 14.8. The molecule has 0 aliphatic carbocycles. The number of anilines is 1. The summed E-state index contributed by atoms with van der Waals surface area (Å²) >= 11 is 0. The summed E-state index contributed by atoms with van der Waals surface area (Å²) in [4.78, 5) is 11.4. The van der Waals surface area contributed by atoms with Gasteiger partial charge in [-0.05, 0) is 36.2 Å². The van der Waals surface area contributed by atoms with Crippen LogP contribution in [0.15, 0.2) is 42.5 Å². The number of benzene rings is 2. The molecule has 0 radical (unpaired) electrons. The lowest BCUT2D eigenvalue weighted by Gasteiger charge is -2.19. The van der Waals surface area contributed by atoms with Crippen LogP contribution in [-0.2, 0) is 11.2 Å². The van der Waals surface area contributed by atoms with Gasteiger partial charge in [0.2, 0.25) is 5.91 Å². The average molecular weight is 340 g/mol. The number of carbonyl (C=O) groups is 1. The Morgan fingerprint density at radius 3 is 2.84 bits per heavy atom. The summed E-state index contributed by atoms with van der Waals surface area (Å²) in [6.07, 6.45) is 1.07. The number of methoxy groups -OCH3 is 1. The van der Waals surface area contributed by atoms with Crippen LogP contribution in [0.5, 0.6) is 11.5 Å². The summed E-state index contributed by atoms with van der Waals surface area (Å²) in [5.74, 6) is 1.52. The first kappa shape index (κ1) is 17.3. The molecule has 0 aromatic heterocycles. The van der Waals surface area contributed by atoms with Crippen LogP contribution < -0.4 is 20.1 Å². The van der Waals surface area contributed by atoms with Crippen LogP contribution in [0, 0.1) is 0 Å². The lowest BCUT2D eigenvalue weighted by atomic mass is 10.1. The summed E-state index contributed by atoms with van der Waals surface area (Å²) in [6, 6.07) is 14.1. The number of rotatable bonds is 6. The number of nitrogens with one attached hydrogen (secondary N) is 2. The van der Waals surface area contributed by atoms with Crippen LogP contribution in [0.3, 0.4) is 0 Å². The maximum atomic E-state index is 11.4. The van der Waals surface area contributed by atoms with E-state index < -0.39 is 0 Å². The fourth-order valence-corrected chi connectivity index (χ4v) is 3.08. The highest BCUT2D eigenvalue weighted by molar-refractivity contribution is 5.90. The first-order chi connectivity index (χ1) is 12.1. The van der Waals surface area contributed by atoms with Gasteiger partial charge in [-0.3, -0.25) is 4.79 Å². The van der Waals surface area contributed by atoms with Gasteiger partial charge in [-0.25, -0.2) is 0 Å². The third-order valence-corrected chi connectivity index (χ3v) is 4.40. The standard InChI is InChI=1S/C20H24N2O3/c1-13(15-8-9-20(24-3)18(11-15)22-14(2)23)21-12-17-10-16-6-4-5-7-19(16)25-17/h4-9,11,13,17,21H,10,12H2,1-3H3,(H,22,23). The number of fused-ring (bicyclic) bond motifs is 1. The molecule has 0 saturated heterocycles. The van der Waals surface area contributed by atoms with E-state index in [-0.39, 0.29) is 18.1 Å². The van der Waals surface area contributed by atoms with Gasteiger partial charge in [0.05, 0.1) is 12.8 Å². The fraction of sp³-hybridized carbons (Fsp3) is 0.350. The molecule has 1 aliphatic heterocycles. The second kappa shape index (κ2) is 7.57. The molecule has 2 N–H and O–H groups in total.